The molecule has 1 aromatic rings. The number of methoxy groups -OCH3 is 1. The molecule has 0 radical (unpaired) electrons. The summed E-state index contributed by atoms with van der Waals surface area (Å²) in [4.78, 5) is 24.6. The molecule has 22 heavy (non-hydrogen) atoms. The van der Waals surface area contributed by atoms with E-state index in [1.54, 1.807) is 0 Å². The average Bonchev–Trinajstić information content (AvgIpc) is 2.83. The van der Waals surface area contributed by atoms with Crippen LogP contribution in [0, 0.1) is 0 Å². The van der Waals surface area contributed by atoms with Crippen molar-refractivity contribution >= 4 is 27.5 Å². The smallest absolute Gasteiger partial charge is 0.240 e. The van der Waals surface area contributed by atoms with Gasteiger partial charge in [0.25, 0.3) is 0 Å². The minimum absolute atomic E-state index is 0.0577. The van der Waals surface area contributed by atoms with Gasteiger partial charge in [0.2, 0.25) is 21.8 Å². The molecule has 2 rings (SSSR count). The Kier molecular flexibility index (Phi) is 4.62. The van der Waals surface area contributed by atoms with E-state index in [2.05, 4.69) is 11.3 Å². The van der Waals surface area contributed by atoms with Gasteiger partial charge in [0.05, 0.1) is 17.7 Å². The summed E-state index contributed by atoms with van der Waals surface area (Å²) in [6, 6.07) is 4.01. The number of sulfonamides is 1. The highest BCUT2D eigenvalue weighted by atomic mass is 32.2. The first-order valence-corrected chi connectivity index (χ1v) is 8.03. The van der Waals surface area contributed by atoms with Gasteiger partial charge in [-0.15, -0.1) is 6.58 Å². The number of hydrogen-bond acceptors (Lipinski definition) is 5. The first kappa shape index (κ1) is 16.2. The maximum Gasteiger partial charge on any atom is 0.240 e. The summed E-state index contributed by atoms with van der Waals surface area (Å²) in [6.45, 7) is 3.52. The molecule has 0 unspecified atom stereocenters. The summed E-state index contributed by atoms with van der Waals surface area (Å²) in [5.41, 5.74) is 0.136. The Labute approximate surface area is 128 Å². The summed E-state index contributed by atoms with van der Waals surface area (Å²) in [5.74, 6) is -0.500. The number of nitrogens with zero attached hydrogens (tertiary/aromatic N) is 1. The number of amides is 2. The molecule has 0 aromatic heterocycles. The van der Waals surface area contributed by atoms with Crippen LogP contribution in [0.1, 0.15) is 12.8 Å². The van der Waals surface area contributed by atoms with Gasteiger partial charge in [0.15, 0.2) is 0 Å². The highest BCUT2D eigenvalue weighted by Crippen LogP contribution is 2.34. The number of ether oxygens (including phenoxy) is 1. The van der Waals surface area contributed by atoms with Gasteiger partial charge in [-0.2, -0.15) is 0 Å². The molecule has 1 N–H and O–H groups in total. The van der Waals surface area contributed by atoms with Crippen molar-refractivity contribution < 1.29 is 22.7 Å². The van der Waals surface area contributed by atoms with E-state index in [9.17, 15) is 18.0 Å². The van der Waals surface area contributed by atoms with Crippen LogP contribution in [0.15, 0.2) is 35.7 Å². The summed E-state index contributed by atoms with van der Waals surface area (Å²) < 4.78 is 31.7. The molecule has 1 aromatic carbocycles. The Balaban J connectivity index is 2.49. The van der Waals surface area contributed by atoms with Gasteiger partial charge in [-0.25, -0.2) is 18.0 Å². The standard InChI is InChI=1S/C14H16N2O5S/c1-3-8-15-22(19,20)10-4-5-12(21-2)11(9-10)16-13(17)6-7-14(16)18/h3-5,9,15H,1,6-8H2,2H3. The first-order chi connectivity index (χ1) is 10.4. The van der Waals surface area contributed by atoms with Gasteiger partial charge in [-0.05, 0) is 18.2 Å². The monoisotopic (exact) mass is 324 g/mol. The topological polar surface area (TPSA) is 92.8 Å². The molecule has 7 nitrogen and oxygen atoms in total. The molecule has 0 aliphatic carbocycles. The van der Waals surface area contributed by atoms with Gasteiger partial charge in [0, 0.05) is 19.4 Å². The molecule has 118 valence electrons. The minimum atomic E-state index is -3.76. The molecule has 0 atom stereocenters. The predicted molar refractivity (Wildman–Crippen MR) is 80.1 cm³/mol. The lowest BCUT2D eigenvalue weighted by atomic mass is 10.2. The Morgan fingerprint density at radius 3 is 2.50 bits per heavy atom. The number of anilines is 1. The maximum absolute atomic E-state index is 12.1. The van der Waals surface area contributed by atoms with Crippen LogP contribution in [-0.4, -0.2) is 33.9 Å². The SMILES string of the molecule is C=CCNS(=O)(=O)c1ccc(OC)c(N2C(=O)CCC2=O)c1. The van der Waals surface area contributed by atoms with Crippen LogP contribution in [0.3, 0.4) is 0 Å². The van der Waals surface area contributed by atoms with E-state index >= 15 is 0 Å². The molecule has 0 spiro atoms. The van der Waals surface area contributed by atoms with Gasteiger partial charge in [-0.1, -0.05) is 6.08 Å². The third kappa shape index (κ3) is 3.02. The second-order valence-corrected chi connectivity index (χ2v) is 6.36. The number of rotatable bonds is 6. The Hall–Kier alpha value is -2.19. The van der Waals surface area contributed by atoms with E-state index < -0.39 is 10.0 Å². The van der Waals surface area contributed by atoms with Crippen molar-refractivity contribution in [3.05, 3.63) is 30.9 Å². The number of nitrogens with one attached hydrogen (secondary N) is 1. The highest BCUT2D eigenvalue weighted by molar-refractivity contribution is 7.89. The molecule has 0 saturated carbocycles. The fraction of sp³-hybridized carbons (Fsp3) is 0.286. The fourth-order valence-electron chi connectivity index (χ4n) is 2.11. The zero-order valence-corrected chi connectivity index (χ0v) is 12.9. The van der Waals surface area contributed by atoms with Crippen LogP contribution < -0.4 is 14.4 Å². The van der Waals surface area contributed by atoms with Gasteiger partial charge in [0.1, 0.15) is 5.75 Å². The Morgan fingerprint density at radius 2 is 1.95 bits per heavy atom. The third-order valence-electron chi connectivity index (χ3n) is 3.17. The lowest BCUT2D eigenvalue weighted by molar-refractivity contribution is -0.121. The van der Waals surface area contributed by atoms with E-state index in [0.29, 0.717) is 0 Å². The zero-order chi connectivity index (χ0) is 16.3. The van der Waals surface area contributed by atoms with Gasteiger partial charge in [-0.3, -0.25) is 9.59 Å². The molecular formula is C14H16N2O5S. The first-order valence-electron chi connectivity index (χ1n) is 6.55. The van der Waals surface area contributed by atoms with E-state index in [4.69, 9.17) is 4.74 Å². The second kappa shape index (κ2) is 6.29. The zero-order valence-electron chi connectivity index (χ0n) is 12.0. The highest BCUT2D eigenvalue weighted by Gasteiger charge is 2.33. The second-order valence-electron chi connectivity index (χ2n) is 4.60. The van der Waals surface area contributed by atoms with Crippen molar-refractivity contribution in [2.75, 3.05) is 18.6 Å². The third-order valence-corrected chi connectivity index (χ3v) is 4.59. The van der Waals surface area contributed by atoms with Crippen molar-refractivity contribution in [1.82, 2.24) is 4.72 Å². The quantitative estimate of drug-likeness (QED) is 0.617. The molecule has 0 bridgehead atoms. The average molecular weight is 324 g/mol. The number of benzene rings is 1. The number of carbonyl (C=O) groups is 2. The summed E-state index contributed by atoms with van der Waals surface area (Å²) in [7, 11) is -2.38. The predicted octanol–water partition coefficient (Wildman–Crippen LogP) is 0.813. The Bertz CT molecular complexity index is 711. The molecule has 1 fully saturated rings. The van der Waals surface area contributed by atoms with E-state index in [1.165, 1.54) is 31.4 Å². The van der Waals surface area contributed by atoms with Gasteiger partial charge >= 0.3 is 0 Å². The van der Waals surface area contributed by atoms with Crippen LogP contribution >= 0.6 is 0 Å². The number of imide groups is 1. The Morgan fingerprint density at radius 1 is 1.32 bits per heavy atom. The molecule has 8 heteroatoms. The molecule has 2 amide bonds. The van der Waals surface area contributed by atoms with Crippen molar-refractivity contribution in [2.45, 2.75) is 17.7 Å². The van der Waals surface area contributed by atoms with Crippen LogP contribution in [-0.2, 0) is 19.6 Å². The lowest BCUT2D eigenvalue weighted by Gasteiger charge is -2.18. The van der Waals surface area contributed by atoms with Crippen LogP contribution in [0.2, 0.25) is 0 Å². The molecule has 1 heterocycles. The van der Waals surface area contributed by atoms with E-state index in [0.717, 1.165) is 4.90 Å². The van der Waals surface area contributed by atoms with Crippen molar-refractivity contribution in [3.8, 4) is 5.75 Å². The normalized spacial score (nSPS) is 15.2. The summed E-state index contributed by atoms with van der Waals surface area (Å²) >= 11 is 0. The van der Waals surface area contributed by atoms with E-state index in [1.807, 2.05) is 0 Å². The molecule has 1 aliphatic heterocycles. The summed E-state index contributed by atoms with van der Waals surface area (Å²) in [5, 5.41) is 0. The molecule has 1 saturated heterocycles. The van der Waals surface area contributed by atoms with Gasteiger partial charge < -0.3 is 4.74 Å². The maximum atomic E-state index is 12.1. The molecule has 1 aliphatic rings. The van der Waals surface area contributed by atoms with Crippen LogP contribution in [0.4, 0.5) is 5.69 Å². The number of hydrogen-bond donors (Lipinski definition) is 1. The lowest BCUT2D eigenvalue weighted by Crippen LogP contribution is -2.30. The van der Waals surface area contributed by atoms with Crippen molar-refractivity contribution in [3.63, 3.8) is 0 Å². The summed E-state index contributed by atoms with van der Waals surface area (Å²) in [6.07, 6.45) is 1.62. The number of carbonyl (C=O) groups excluding carboxylic acids is 2. The van der Waals surface area contributed by atoms with Crippen LogP contribution in [0.25, 0.3) is 0 Å². The largest absolute Gasteiger partial charge is 0.495 e. The van der Waals surface area contributed by atoms with Crippen LogP contribution in [0.5, 0.6) is 5.75 Å². The molecular weight excluding hydrogens is 308 g/mol. The van der Waals surface area contributed by atoms with Crippen molar-refractivity contribution in [2.24, 2.45) is 0 Å². The minimum Gasteiger partial charge on any atom is -0.495 e. The fourth-order valence-corrected chi connectivity index (χ4v) is 3.13. The van der Waals surface area contributed by atoms with Crippen molar-refractivity contribution in [1.29, 1.82) is 0 Å². The van der Waals surface area contributed by atoms with E-state index in [-0.39, 0.29) is 47.5 Å².